The third kappa shape index (κ3) is 3.55. The molecule has 0 atom stereocenters. The summed E-state index contributed by atoms with van der Waals surface area (Å²) in [6, 6.07) is 9.78. The van der Waals surface area contributed by atoms with E-state index in [1.807, 2.05) is 44.2 Å². The maximum absolute atomic E-state index is 12.5. The summed E-state index contributed by atoms with van der Waals surface area (Å²) >= 11 is 1.43. The lowest BCUT2D eigenvalue weighted by Gasteiger charge is -2.20. The van der Waals surface area contributed by atoms with Gasteiger partial charge in [-0.2, -0.15) is 0 Å². The zero-order valence-corrected chi connectivity index (χ0v) is 14.4. The monoisotopic (exact) mass is 327 g/mol. The van der Waals surface area contributed by atoms with Crippen LogP contribution in [0.15, 0.2) is 35.5 Å². The molecule has 1 amide bonds. The molecule has 5 heteroatoms. The SMILES string of the molecule is CCN(C(=O)CSc1nc(C)c2c(n1)CCC2)c1ccccc1. The maximum Gasteiger partial charge on any atom is 0.237 e. The minimum Gasteiger partial charge on any atom is -0.312 e. The lowest BCUT2D eigenvalue weighted by molar-refractivity contribution is -0.116. The molecule has 1 heterocycles. The Hall–Kier alpha value is -1.88. The number of carbonyl (C=O) groups excluding carboxylic acids is 1. The van der Waals surface area contributed by atoms with Crippen molar-refractivity contribution in [3.8, 4) is 0 Å². The highest BCUT2D eigenvalue weighted by molar-refractivity contribution is 7.99. The van der Waals surface area contributed by atoms with Crippen molar-refractivity contribution < 1.29 is 4.79 Å². The van der Waals surface area contributed by atoms with E-state index in [0.29, 0.717) is 12.3 Å². The summed E-state index contributed by atoms with van der Waals surface area (Å²) in [5, 5.41) is 0.723. The number of hydrogen-bond donors (Lipinski definition) is 0. The van der Waals surface area contributed by atoms with Gasteiger partial charge in [-0.05, 0) is 50.8 Å². The van der Waals surface area contributed by atoms with Crippen molar-refractivity contribution in [2.45, 2.75) is 38.3 Å². The minimum absolute atomic E-state index is 0.0884. The minimum atomic E-state index is 0.0884. The number of para-hydroxylation sites is 1. The van der Waals surface area contributed by atoms with Crippen LogP contribution < -0.4 is 4.90 Å². The Kier molecular flexibility index (Phi) is 4.96. The summed E-state index contributed by atoms with van der Waals surface area (Å²) in [6.07, 6.45) is 3.28. The number of fused-ring (bicyclic) bond motifs is 1. The van der Waals surface area contributed by atoms with Gasteiger partial charge in [-0.15, -0.1) is 0 Å². The normalized spacial score (nSPS) is 13.0. The van der Waals surface area contributed by atoms with Crippen LogP contribution in [-0.4, -0.2) is 28.2 Å². The summed E-state index contributed by atoms with van der Waals surface area (Å²) in [5.74, 6) is 0.450. The second-order valence-electron chi connectivity index (χ2n) is 5.63. The van der Waals surface area contributed by atoms with E-state index >= 15 is 0 Å². The van der Waals surface area contributed by atoms with Gasteiger partial charge < -0.3 is 4.90 Å². The van der Waals surface area contributed by atoms with Crippen molar-refractivity contribution in [3.63, 3.8) is 0 Å². The van der Waals surface area contributed by atoms with E-state index < -0.39 is 0 Å². The van der Waals surface area contributed by atoms with Gasteiger partial charge in [0.25, 0.3) is 0 Å². The van der Waals surface area contributed by atoms with Crippen LogP contribution in [0.5, 0.6) is 0 Å². The molecule has 0 bridgehead atoms. The second-order valence-corrected chi connectivity index (χ2v) is 6.58. The van der Waals surface area contributed by atoms with Gasteiger partial charge in [-0.1, -0.05) is 30.0 Å². The third-order valence-electron chi connectivity index (χ3n) is 4.13. The standard InChI is InChI=1S/C18H21N3OS/c1-3-21(14-8-5-4-6-9-14)17(22)12-23-18-19-13(2)15-10-7-11-16(15)20-18/h4-6,8-9H,3,7,10-12H2,1-2H3. The molecule has 2 aromatic rings. The molecule has 0 radical (unpaired) electrons. The average molecular weight is 327 g/mol. The van der Waals surface area contributed by atoms with E-state index in [1.165, 1.54) is 23.0 Å². The van der Waals surface area contributed by atoms with E-state index in [-0.39, 0.29) is 5.91 Å². The second kappa shape index (κ2) is 7.13. The van der Waals surface area contributed by atoms with Crippen molar-refractivity contribution in [2.24, 2.45) is 0 Å². The molecule has 0 N–H and O–H groups in total. The first-order valence-corrected chi connectivity index (χ1v) is 9.02. The van der Waals surface area contributed by atoms with E-state index in [4.69, 9.17) is 0 Å². The summed E-state index contributed by atoms with van der Waals surface area (Å²) in [6.45, 7) is 4.69. The van der Waals surface area contributed by atoms with Gasteiger partial charge >= 0.3 is 0 Å². The first-order valence-electron chi connectivity index (χ1n) is 8.03. The number of nitrogens with zero attached hydrogens (tertiary/aromatic N) is 3. The number of rotatable bonds is 5. The number of benzene rings is 1. The number of thioether (sulfide) groups is 1. The van der Waals surface area contributed by atoms with E-state index in [2.05, 4.69) is 9.97 Å². The first kappa shape index (κ1) is 16.0. The Morgan fingerprint density at radius 3 is 2.74 bits per heavy atom. The van der Waals surface area contributed by atoms with Crippen molar-refractivity contribution >= 4 is 23.4 Å². The molecule has 3 rings (SSSR count). The zero-order chi connectivity index (χ0) is 16.2. The Morgan fingerprint density at radius 2 is 2.00 bits per heavy atom. The van der Waals surface area contributed by atoms with Crippen LogP contribution in [0.3, 0.4) is 0 Å². The smallest absolute Gasteiger partial charge is 0.237 e. The van der Waals surface area contributed by atoms with Crippen LogP contribution in [0.1, 0.15) is 30.3 Å². The Morgan fingerprint density at radius 1 is 1.22 bits per heavy atom. The highest BCUT2D eigenvalue weighted by Crippen LogP contribution is 2.25. The molecule has 0 spiro atoms. The number of anilines is 1. The molecule has 0 fully saturated rings. The van der Waals surface area contributed by atoms with Crippen LogP contribution in [0.2, 0.25) is 0 Å². The fraction of sp³-hybridized carbons (Fsp3) is 0.389. The van der Waals surface area contributed by atoms with Gasteiger partial charge in [-0.3, -0.25) is 4.79 Å². The molecule has 23 heavy (non-hydrogen) atoms. The fourth-order valence-corrected chi connectivity index (χ4v) is 3.76. The predicted octanol–water partition coefficient (Wildman–Crippen LogP) is 3.42. The Bertz CT molecular complexity index is 703. The molecular formula is C18H21N3OS. The van der Waals surface area contributed by atoms with Gasteiger partial charge in [0.05, 0.1) is 5.75 Å². The highest BCUT2D eigenvalue weighted by Gasteiger charge is 2.19. The number of carbonyl (C=O) groups is 1. The molecule has 1 aliphatic carbocycles. The van der Waals surface area contributed by atoms with Gasteiger partial charge in [0.1, 0.15) is 0 Å². The van der Waals surface area contributed by atoms with Gasteiger partial charge in [0.15, 0.2) is 5.16 Å². The zero-order valence-electron chi connectivity index (χ0n) is 13.6. The van der Waals surface area contributed by atoms with Crippen molar-refractivity contribution in [1.29, 1.82) is 0 Å². The molecule has 1 aromatic carbocycles. The maximum atomic E-state index is 12.5. The summed E-state index contributed by atoms with van der Waals surface area (Å²) in [7, 11) is 0. The van der Waals surface area contributed by atoms with Crippen molar-refractivity contribution in [2.75, 3.05) is 17.2 Å². The number of aryl methyl sites for hydroxylation is 2. The first-order chi connectivity index (χ1) is 11.2. The topological polar surface area (TPSA) is 46.1 Å². The number of amides is 1. The van der Waals surface area contributed by atoms with Crippen LogP contribution in [0.25, 0.3) is 0 Å². The van der Waals surface area contributed by atoms with Gasteiger partial charge in [0, 0.05) is 23.6 Å². The molecule has 0 saturated carbocycles. The largest absolute Gasteiger partial charge is 0.312 e. The molecule has 1 aliphatic rings. The third-order valence-corrected chi connectivity index (χ3v) is 4.96. The van der Waals surface area contributed by atoms with Crippen LogP contribution >= 0.6 is 11.8 Å². The molecular weight excluding hydrogens is 306 g/mol. The average Bonchev–Trinajstić information content (AvgIpc) is 3.04. The van der Waals surface area contributed by atoms with Crippen molar-refractivity contribution in [3.05, 3.63) is 47.3 Å². The fourth-order valence-electron chi connectivity index (χ4n) is 2.97. The van der Waals surface area contributed by atoms with Crippen LogP contribution in [-0.2, 0) is 17.6 Å². The summed E-state index contributed by atoms with van der Waals surface area (Å²) < 4.78 is 0. The molecule has 120 valence electrons. The quantitative estimate of drug-likeness (QED) is 0.623. The Labute approximate surface area is 141 Å². The summed E-state index contributed by atoms with van der Waals surface area (Å²) in [5.41, 5.74) is 4.48. The lowest BCUT2D eigenvalue weighted by Crippen LogP contribution is -2.32. The number of hydrogen-bond acceptors (Lipinski definition) is 4. The van der Waals surface area contributed by atoms with Gasteiger partial charge in [-0.25, -0.2) is 9.97 Å². The summed E-state index contributed by atoms with van der Waals surface area (Å²) in [4.78, 5) is 23.5. The molecule has 4 nitrogen and oxygen atoms in total. The lowest BCUT2D eigenvalue weighted by atomic mass is 10.2. The molecule has 1 aromatic heterocycles. The van der Waals surface area contributed by atoms with Crippen molar-refractivity contribution in [1.82, 2.24) is 9.97 Å². The van der Waals surface area contributed by atoms with Gasteiger partial charge in [0.2, 0.25) is 5.91 Å². The molecule has 0 unspecified atom stereocenters. The van der Waals surface area contributed by atoms with E-state index in [9.17, 15) is 4.79 Å². The van der Waals surface area contributed by atoms with Crippen LogP contribution in [0.4, 0.5) is 5.69 Å². The highest BCUT2D eigenvalue weighted by atomic mass is 32.2. The molecule has 0 aliphatic heterocycles. The number of aromatic nitrogens is 2. The Balaban J connectivity index is 1.68. The van der Waals surface area contributed by atoms with E-state index in [0.717, 1.165) is 35.8 Å². The van der Waals surface area contributed by atoms with E-state index in [1.54, 1.807) is 4.90 Å². The predicted molar refractivity (Wildman–Crippen MR) is 94.0 cm³/mol. The van der Waals surface area contributed by atoms with Crippen LogP contribution in [0, 0.1) is 6.92 Å². The molecule has 0 saturated heterocycles.